The zero-order valence-corrected chi connectivity index (χ0v) is 13.8. The van der Waals surface area contributed by atoms with E-state index in [-0.39, 0.29) is 23.5 Å². The number of aromatic carboxylic acids is 1. The van der Waals surface area contributed by atoms with E-state index in [0.717, 1.165) is 11.3 Å². The molecule has 2 N–H and O–H groups in total. The Morgan fingerprint density at radius 3 is 2.42 bits per heavy atom. The highest BCUT2D eigenvalue weighted by atomic mass is 16.5. The average Bonchev–Trinajstić information content (AvgIpc) is 2.54. The number of carboxylic acid groups (broad SMARTS) is 1. The maximum atomic E-state index is 12.3. The number of nitrogens with one attached hydrogen (secondary N) is 1. The van der Waals surface area contributed by atoms with Gasteiger partial charge in [0.15, 0.2) is 0 Å². The van der Waals surface area contributed by atoms with Gasteiger partial charge >= 0.3 is 5.97 Å². The molecule has 1 aromatic carbocycles. The summed E-state index contributed by atoms with van der Waals surface area (Å²) in [5, 5.41) is 11.8. The SMILES string of the molecule is CC(C)Oc1cccc(C(C)NC(=O)c2cccc(C(=O)O)n2)c1. The Bertz CT molecular complexity index is 743. The molecule has 0 saturated heterocycles. The molecule has 126 valence electrons. The molecule has 0 aliphatic heterocycles. The zero-order chi connectivity index (χ0) is 17.7. The quantitative estimate of drug-likeness (QED) is 0.851. The second-order valence-electron chi connectivity index (χ2n) is 5.65. The van der Waals surface area contributed by atoms with Crippen molar-refractivity contribution in [3.63, 3.8) is 0 Å². The number of rotatable bonds is 6. The predicted octanol–water partition coefficient (Wildman–Crippen LogP) is 3.06. The molecule has 0 aliphatic rings. The Balaban J connectivity index is 2.11. The Morgan fingerprint density at radius 1 is 1.08 bits per heavy atom. The molecule has 6 nitrogen and oxygen atoms in total. The van der Waals surface area contributed by atoms with Crippen molar-refractivity contribution in [1.82, 2.24) is 10.3 Å². The first-order valence-corrected chi connectivity index (χ1v) is 7.64. The summed E-state index contributed by atoms with van der Waals surface area (Å²) in [6.45, 7) is 5.73. The van der Waals surface area contributed by atoms with E-state index in [1.54, 1.807) is 0 Å². The summed E-state index contributed by atoms with van der Waals surface area (Å²) in [6.07, 6.45) is 0.0631. The van der Waals surface area contributed by atoms with Crippen molar-refractivity contribution in [2.45, 2.75) is 32.9 Å². The van der Waals surface area contributed by atoms with E-state index in [1.807, 2.05) is 45.0 Å². The van der Waals surface area contributed by atoms with Crippen molar-refractivity contribution in [3.8, 4) is 5.75 Å². The van der Waals surface area contributed by atoms with Crippen molar-refractivity contribution in [2.75, 3.05) is 0 Å². The van der Waals surface area contributed by atoms with Crippen LogP contribution in [-0.2, 0) is 0 Å². The van der Waals surface area contributed by atoms with Gasteiger partial charge < -0.3 is 15.2 Å². The third kappa shape index (κ3) is 4.55. The first-order valence-electron chi connectivity index (χ1n) is 7.64. The minimum atomic E-state index is -1.17. The lowest BCUT2D eigenvalue weighted by molar-refractivity contribution is 0.0690. The zero-order valence-electron chi connectivity index (χ0n) is 13.8. The molecule has 0 radical (unpaired) electrons. The number of hydrogen-bond donors (Lipinski definition) is 2. The molecule has 0 bridgehead atoms. The maximum absolute atomic E-state index is 12.3. The fourth-order valence-corrected chi connectivity index (χ4v) is 2.16. The summed E-state index contributed by atoms with van der Waals surface area (Å²) in [7, 11) is 0. The first-order chi connectivity index (χ1) is 11.4. The molecule has 0 fully saturated rings. The highest BCUT2D eigenvalue weighted by Crippen LogP contribution is 2.20. The van der Waals surface area contributed by atoms with Crippen molar-refractivity contribution in [3.05, 3.63) is 59.4 Å². The van der Waals surface area contributed by atoms with Crippen LogP contribution >= 0.6 is 0 Å². The molecule has 6 heteroatoms. The highest BCUT2D eigenvalue weighted by molar-refractivity contribution is 5.94. The summed E-state index contributed by atoms with van der Waals surface area (Å²) >= 11 is 0. The van der Waals surface area contributed by atoms with Crippen LogP contribution in [0.15, 0.2) is 42.5 Å². The fraction of sp³-hybridized carbons (Fsp3) is 0.278. The molecule has 0 aliphatic carbocycles. The van der Waals surface area contributed by atoms with Gasteiger partial charge in [-0.2, -0.15) is 0 Å². The van der Waals surface area contributed by atoms with E-state index in [2.05, 4.69) is 10.3 Å². The molecule has 1 aromatic heterocycles. The predicted molar refractivity (Wildman–Crippen MR) is 89.3 cm³/mol. The number of aromatic nitrogens is 1. The third-order valence-corrected chi connectivity index (χ3v) is 3.28. The van der Waals surface area contributed by atoms with Gasteiger partial charge in [0.05, 0.1) is 12.1 Å². The second-order valence-corrected chi connectivity index (χ2v) is 5.65. The highest BCUT2D eigenvalue weighted by Gasteiger charge is 2.15. The topological polar surface area (TPSA) is 88.5 Å². The maximum Gasteiger partial charge on any atom is 0.354 e. The van der Waals surface area contributed by atoms with E-state index in [0.29, 0.717) is 0 Å². The van der Waals surface area contributed by atoms with Gasteiger partial charge in [-0.15, -0.1) is 0 Å². The van der Waals surface area contributed by atoms with Gasteiger partial charge in [0.2, 0.25) is 0 Å². The summed E-state index contributed by atoms with van der Waals surface area (Å²) in [5.74, 6) is -0.869. The van der Waals surface area contributed by atoms with E-state index >= 15 is 0 Å². The Kier molecular flexibility index (Phi) is 5.52. The number of pyridine rings is 1. The van der Waals surface area contributed by atoms with Gasteiger partial charge in [0, 0.05) is 0 Å². The minimum absolute atomic E-state index is 0.0631. The molecule has 2 aromatic rings. The number of amides is 1. The lowest BCUT2D eigenvalue weighted by Crippen LogP contribution is -2.27. The van der Waals surface area contributed by atoms with Crippen LogP contribution in [0.3, 0.4) is 0 Å². The van der Waals surface area contributed by atoms with Crippen molar-refractivity contribution >= 4 is 11.9 Å². The lowest BCUT2D eigenvalue weighted by Gasteiger charge is -2.16. The summed E-state index contributed by atoms with van der Waals surface area (Å²) < 4.78 is 5.65. The Morgan fingerprint density at radius 2 is 1.75 bits per heavy atom. The van der Waals surface area contributed by atoms with Gasteiger partial charge in [-0.3, -0.25) is 4.79 Å². The van der Waals surface area contributed by atoms with Crippen LogP contribution in [0, 0.1) is 0 Å². The average molecular weight is 328 g/mol. The van der Waals surface area contributed by atoms with Crippen molar-refractivity contribution < 1.29 is 19.4 Å². The minimum Gasteiger partial charge on any atom is -0.491 e. The number of ether oxygens (including phenoxy) is 1. The summed E-state index contributed by atoms with van der Waals surface area (Å²) in [6, 6.07) is 11.5. The van der Waals surface area contributed by atoms with Crippen LogP contribution in [-0.4, -0.2) is 28.1 Å². The van der Waals surface area contributed by atoms with E-state index < -0.39 is 11.9 Å². The van der Waals surface area contributed by atoms with Gasteiger partial charge in [0.25, 0.3) is 5.91 Å². The largest absolute Gasteiger partial charge is 0.491 e. The van der Waals surface area contributed by atoms with Crippen LogP contribution in [0.1, 0.15) is 53.4 Å². The molecule has 1 amide bonds. The van der Waals surface area contributed by atoms with Gasteiger partial charge in [-0.05, 0) is 50.6 Å². The lowest BCUT2D eigenvalue weighted by atomic mass is 10.1. The van der Waals surface area contributed by atoms with Crippen LogP contribution in [0.4, 0.5) is 0 Å². The number of carbonyl (C=O) groups is 2. The van der Waals surface area contributed by atoms with Crippen molar-refractivity contribution in [2.24, 2.45) is 0 Å². The number of carboxylic acids is 1. The second kappa shape index (κ2) is 7.59. The normalized spacial score (nSPS) is 11.8. The van der Waals surface area contributed by atoms with Crippen LogP contribution < -0.4 is 10.1 Å². The third-order valence-electron chi connectivity index (χ3n) is 3.28. The molecule has 1 heterocycles. The van der Waals surface area contributed by atoms with Gasteiger partial charge in [-0.25, -0.2) is 9.78 Å². The molecule has 0 spiro atoms. The molecule has 24 heavy (non-hydrogen) atoms. The molecule has 1 atom stereocenters. The molecule has 2 rings (SSSR count). The molecule has 0 saturated carbocycles. The monoisotopic (exact) mass is 328 g/mol. The summed E-state index contributed by atoms with van der Waals surface area (Å²) in [5.41, 5.74) is 0.787. The smallest absolute Gasteiger partial charge is 0.354 e. The number of benzene rings is 1. The number of nitrogens with zero attached hydrogens (tertiary/aromatic N) is 1. The van der Waals surface area contributed by atoms with E-state index in [9.17, 15) is 9.59 Å². The Hall–Kier alpha value is -2.89. The van der Waals surface area contributed by atoms with Gasteiger partial charge in [-0.1, -0.05) is 18.2 Å². The first kappa shape index (κ1) is 17.5. The molecular weight excluding hydrogens is 308 g/mol. The fourth-order valence-electron chi connectivity index (χ4n) is 2.16. The van der Waals surface area contributed by atoms with Crippen LogP contribution in [0.2, 0.25) is 0 Å². The van der Waals surface area contributed by atoms with Crippen LogP contribution in [0.25, 0.3) is 0 Å². The number of carbonyl (C=O) groups excluding carboxylic acids is 1. The molecule has 1 unspecified atom stereocenters. The van der Waals surface area contributed by atoms with Crippen molar-refractivity contribution in [1.29, 1.82) is 0 Å². The standard InChI is InChI=1S/C18H20N2O4/c1-11(2)24-14-7-4-6-13(10-14)12(3)19-17(21)15-8-5-9-16(20-15)18(22)23/h4-12H,1-3H3,(H,19,21)(H,22,23). The van der Waals surface area contributed by atoms with E-state index in [1.165, 1.54) is 18.2 Å². The van der Waals surface area contributed by atoms with Gasteiger partial charge in [0.1, 0.15) is 17.1 Å². The Labute approximate surface area is 140 Å². The van der Waals surface area contributed by atoms with Crippen LogP contribution in [0.5, 0.6) is 5.75 Å². The van der Waals surface area contributed by atoms with E-state index in [4.69, 9.17) is 9.84 Å². The molecular formula is C18H20N2O4. The number of hydrogen-bond acceptors (Lipinski definition) is 4. The summed E-state index contributed by atoms with van der Waals surface area (Å²) in [4.78, 5) is 27.0.